The Morgan fingerprint density at radius 3 is 2.74 bits per heavy atom. The molecule has 220 valence electrons. The fraction of sp³-hybridized carbons (Fsp3) is 0.265. The molecular weight excluding hydrogens is 549 g/mol. The molecule has 0 amide bonds. The van der Waals surface area contributed by atoms with Gasteiger partial charge < -0.3 is 23.9 Å². The Morgan fingerprint density at radius 1 is 1.07 bits per heavy atom. The average Bonchev–Trinajstić information content (AvgIpc) is 3.37. The predicted molar refractivity (Wildman–Crippen MR) is 160 cm³/mol. The van der Waals surface area contributed by atoms with Crippen molar-refractivity contribution in [3.63, 3.8) is 0 Å². The number of hydrogen-bond donors (Lipinski definition) is 1. The number of ether oxygens (including phenoxy) is 3. The van der Waals surface area contributed by atoms with Gasteiger partial charge in [-0.1, -0.05) is 30.3 Å². The van der Waals surface area contributed by atoms with Crippen molar-refractivity contribution < 1.29 is 28.5 Å². The smallest absolute Gasteiger partial charge is 0.335 e. The molecule has 0 spiro atoms. The molecule has 1 aliphatic heterocycles. The standard InChI is InChI=1S/C34H32FN3O5/c1-21-8-9-25(33-26(21)5-4-15-42-33)20-43-32-7-3-6-28(37-32)23-11-10-22(27(35)17-23)19-31-36-29-13-12-24(34(39)40)18-30(29)38(31)14-16-41-2/h3,6-13,17-18H,4-5,14-16,19-20H2,1-2H3,(H,39,40). The molecule has 0 unspecified atom stereocenters. The maximum atomic E-state index is 15.5. The second kappa shape index (κ2) is 12.2. The van der Waals surface area contributed by atoms with Crippen LogP contribution >= 0.6 is 0 Å². The first-order valence-corrected chi connectivity index (χ1v) is 14.3. The van der Waals surface area contributed by atoms with Crippen LogP contribution in [0, 0.1) is 12.7 Å². The van der Waals surface area contributed by atoms with Crippen LogP contribution in [0.15, 0.2) is 66.7 Å². The number of carboxylic acids is 1. The van der Waals surface area contributed by atoms with E-state index in [9.17, 15) is 9.90 Å². The minimum Gasteiger partial charge on any atom is -0.493 e. The molecule has 1 N–H and O–H groups in total. The van der Waals surface area contributed by atoms with Gasteiger partial charge in [0.15, 0.2) is 0 Å². The highest BCUT2D eigenvalue weighted by Gasteiger charge is 2.18. The normalized spacial score (nSPS) is 12.6. The lowest BCUT2D eigenvalue weighted by Gasteiger charge is -2.22. The summed E-state index contributed by atoms with van der Waals surface area (Å²) in [5.74, 6) is 0.580. The molecule has 0 saturated heterocycles. The van der Waals surface area contributed by atoms with Crippen LogP contribution in [-0.2, 0) is 30.7 Å². The van der Waals surface area contributed by atoms with E-state index in [0.29, 0.717) is 65.9 Å². The van der Waals surface area contributed by atoms with Crippen LogP contribution in [0.25, 0.3) is 22.3 Å². The van der Waals surface area contributed by atoms with Crippen LogP contribution in [0.1, 0.15) is 44.9 Å². The predicted octanol–water partition coefficient (Wildman–Crippen LogP) is 6.39. The summed E-state index contributed by atoms with van der Waals surface area (Å²) < 4.78 is 34.6. The molecule has 0 radical (unpaired) electrons. The van der Waals surface area contributed by atoms with Gasteiger partial charge in [0.1, 0.15) is 24.0 Å². The number of hydrogen-bond acceptors (Lipinski definition) is 6. The molecule has 6 rings (SSSR count). The minimum absolute atomic E-state index is 0.165. The zero-order chi connectivity index (χ0) is 29.9. The third-order valence-electron chi connectivity index (χ3n) is 7.78. The molecule has 5 aromatic rings. The summed E-state index contributed by atoms with van der Waals surface area (Å²) in [4.78, 5) is 20.8. The number of aryl methyl sites for hydroxylation is 1. The van der Waals surface area contributed by atoms with Crippen LogP contribution in [0.5, 0.6) is 11.6 Å². The van der Waals surface area contributed by atoms with E-state index in [1.54, 1.807) is 31.4 Å². The van der Waals surface area contributed by atoms with Crippen molar-refractivity contribution in [2.45, 2.75) is 39.3 Å². The Bertz CT molecular complexity index is 1820. The van der Waals surface area contributed by atoms with E-state index >= 15 is 4.39 Å². The maximum absolute atomic E-state index is 15.5. The summed E-state index contributed by atoms with van der Waals surface area (Å²) in [6.45, 7) is 3.99. The molecule has 8 nitrogen and oxygen atoms in total. The van der Waals surface area contributed by atoms with E-state index in [0.717, 1.165) is 24.2 Å². The molecule has 3 aromatic carbocycles. The van der Waals surface area contributed by atoms with Gasteiger partial charge in [0.2, 0.25) is 5.88 Å². The number of imidazole rings is 1. The number of nitrogens with zero attached hydrogens (tertiary/aromatic N) is 3. The van der Waals surface area contributed by atoms with E-state index < -0.39 is 5.97 Å². The van der Waals surface area contributed by atoms with Crippen LogP contribution in [-0.4, -0.2) is 45.9 Å². The molecule has 0 saturated carbocycles. The third kappa shape index (κ3) is 5.94. The van der Waals surface area contributed by atoms with Gasteiger partial charge in [0, 0.05) is 37.3 Å². The van der Waals surface area contributed by atoms with Gasteiger partial charge in [-0.25, -0.2) is 19.2 Å². The van der Waals surface area contributed by atoms with Gasteiger partial charge in [0.25, 0.3) is 0 Å². The Morgan fingerprint density at radius 2 is 1.93 bits per heavy atom. The van der Waals surface area contributed by atoms with Crippen LogP contribution in [0.3, 0.4) is 0 Å². The monoisotopic (exact) mass is 581 g/mol. The Kier molecular flexibility index (Phi) is 8.07. The second-order valence-electron chi connectivity index (χ2n) is 10.6. The number of halogens is 1. The quantitative estimate of drug-likeness (QED) is 0.204. The highest BCUT2D eigenvalue weighted by Crippen LogP contribution is 2.33. The number of fused-ring (bicyclic) bond motifs is 2. The van der Waals surface area contributed by atoms with E-state index in [-0.39, 0.29) is 17.8 Å². The van der Waals surface area contributed by atoms with Crippen LogP contribution < -0.4 is 9.47 Å². The number of benzene rings is 3. The van der Waals surface area contributed by atoms with Gasteiger partial charge in [-0.2, -0.15) is 0 Å². The van der Waals surface area contributed by atoms with E-state index in [4.69, 9.17) is 14.2 Å². The largest absolute Gasteiger partial charge is 0.493 e. The molecule has 0 aliphatic carbocycles. The first-order valence-electron chi connectivity index (χ1n) is 14.3. The lowest BCUT2D eigenvalue weighted by atomic mass is 9.98. The lowest BCUT2D eigenvalue weighted by molar-refractivity contribution is 0.0697. The number of methoxy groups -OCH3 is 1. The zero-order valence-electron chi connectivity index (χ0n) is 24.1. The minimum atomic E-state index is -1.02. The summed E-state index contributed by atoms with van der Waals surface area (Å²) in [5.41, 5.74) is 6.62. The second-order valence-corrected chi connectivity index (χ2v) is 10.6. The highest BCUT2D eigenvalue weighted by atomic mass is 19.1. The number of carbonyl (C=O) groups is 1. The first kappa shape index (κ1) is 28.4. The van der Waals surface area contributed by atoms with E-state index in [2.05, 4.69) is 23.0 Å². The summed E-state index contributed by atoms with van der Waals surface area (Å²) in [7, 11) is 1.60. The third-order valence-corrected chi connectivity index (χ3v) is 7.78. The molecule has 0 atom stereocenters. The molecule has 0 bridgehead atoms. The van der Waals surface area contributed by atoms with Crippen molar-refractivity contribution in [2.75, 3.05) is 20.3 Å². The number of rotatable bonds is 10. The van der Waals surface area contributed by atoms with Crippen molar-refractivity contribution in [3.05, 3.63) is 106 Å². The molecule has 9 heteroatoms. The van der Waals surface area contributed by atoms with Gasteiger partial charge in [-0.15, -0.1) is 0 Å². The Labute approximate surface area is 248 Å². The fourth-order valence-corrected chi connectivity index (χ4v) is 5.50. The average molecular weight is 582 g/mol. The first-order chi connectivity index (χ1) is 20.9. The summed E-state index contributed by atoms with van der Waals surface area (Å²) in [5, 5.41) is 9.44. The summed E-state index contributed by atoms with van der Waals surface area (Å²) in [6.07, 6.45) is 2.24. The van der Waals surface area contributed by atoms with Gasteiger partial charge >= 0.3 is 5.97 Å². The Hall–Kier alpha value is -4.76. The topological polar surface area (TPSA) is 95.7 Å². The molecule has 43 heavy (non-hydrogen) atoms. The molecule has 2 aromatic heterocycles. The lowest BCUT2D eigenvalue weighted by Crippen LogP contribution is -2.13. The van der Waals surface area contributed by atoms with Gasteiger partial charge in [-0.05, 0) is 66.8 Å². The molecule has 1 aliphatic rings. The maximum Gasteiger partial charge on any atom is 0.335 e. The van der Waals surface area contributed by atoms with Crippen molar-refractivity contribution in [3.8, 4) is 22.9 Å². The summed E-state index contributed by atoms with van der Waals surface area (Å²) in [6, 6.07) is 19.4. The number of carboxylic acid groups (broad SMARTS) is 1. The molecule has 3 heterocycles. The zero-order valence-corrected chi connectivity index (χ0v) is 24.1. The Balaban J connectivity index is 1.22. The van der Waals surface area contributed by atoms with Crippen LogP contribution in [0.4, 0.5) is 4.39 Å². The van der Waals surface area contributed by atoms with Crippen LogP contribution in [0.2, 0.25) is 0 Å². The van der Waals surface area contributed by atoms with E-state index in [1.165, 1.54) is 23.3 Å². The highest BCUT2D eigenvalue weighted by molar-refractivity contribution is 5.92. The van der Waals surface area contributed by atoms with Gasteiger partial charge in [-0.3, -0.25) is 0 Å². The van der Waals surface area contributed by atoms with Crippen molar-refractivity contribution in [1.29, 1.82) is 0 Å². The number of pyridine rings is 1. The van der Waals surface area contributed by atoms with Crippen molar-refractivity contribution in [2.24, 2.45) is 0 Å². The molecular formula is C34H32FN3O5. The fourth-order valence-electron chi connectivity index (χ4n) is 5.50. The SMILES string of the molecule is COCCn1c(Cc2ccc(-c3cccc(OCc4ccc(C)c5c4OCCC5)n3)cc2F)nc2ccc(C(=O)O)cc21. The number of aromatic carboxylic acids is 1. The summed E-state index contributed by atoms with van der Waals surface area (Å²) >= 11 is 0. The van der Waals surface area contributed by atoms with Crippen molar-refractivity contribution in [1.82, 2.24) is 14.5 Å². The number of aromatic nitrogens is 3. The van der Waals surface area contributed by atoms with Gasteiger partial charge in [0.05, 0.1) is 35.5 Å². The van der Waals surface area contributed by atoms with E-state index in [1.807, 2.05) is 28.8 Å². The molecule has 0 fully saturated rings. The van der Waals surface area contributed by atoms with Crippen molar-refractivity contribution >= 4 is 17.0 Å².